The van der Waals surface area contributed by atoms with E-state index in [1.54, 1.807) is 0 Å². The average Bonchev–Trinajstić information content (AvgIpc) is 3.01. The first-order valence-electron chi connectivity index (χ1n) is 14.4. The molecular weight excluding hydrogens is 707 g/mol. The van der Waals surface area contributed by atoms with Crippen LogP contribution in [0.5, 0.6) is 0 Å². The third kappa shape index (κ3) is 7.04. The van der Waals surface area contributed by atoms with Crippen molar-refractivity contribution >= 4 is 16.6 Å². The molecule has 6 rings (SSSR count). The van der Waals surface area contributed by atoms with Crippen molar-refractivity contribution in [3.8, 4) is 44.6 Å². The molecule has 1 aromatic heterocycles. The first-order chi connectivity index (χ1) is 19.9. The third-order valence-electron chi connectivity index (χ3n) is 7.34. The first-order valence-corrected chi connectivity index (χ1v) is 14.4. The molecule has 221 valence electrons. The molecule has 4 aromatic carbocycles. The SMILES string of the molecule is CC(=O)/C=C(/C)O.Cc1[c-]c(-c2ncc3c4c(cccc24)-c2ccc(CC(C)(C)C)cc2-c2ccccc2-3)cc(C)c1.[Ir]. The van der Waals surface area contributed by atoms with E-state index in [1.807, 2.05) is 0 Å². The minimum Gasteiger partial charge on any atom is -0.512 e. The van der Waals surface area contributed by atoms with E-state index in [0.717, 1.165) is 23.2 Å². The summed E-state index contributed by atoms with van der Waals surface area (Å²) in [7, 11) is 0. The normalized spacial score (nSPS) is 11.8. The fraction of sp³-hybridized carbons (Fsp3) is 0.231. The fourth-order valence-electron chi connectivity index (χ4n) is 5.99. The maximum absolute atomic E-state index is 10.0. The van der Waals surface area contributed by atoms with Crippen LogP contribution < -0.4 is 0 Å². The van der Waals surface area contributed by atoms with Gasteiger partial charge in [-0.2, -0.15) is 0 Å². The van der Waals surface area contributed by atoms with Crippen LogP contribution in [-0.4, -0.2) is 15.9 Å². The molecule has 0 bridgehead atoms. The number of fused-ring (bicyclic) bond motifs is 5. The quantitative estimate of drug-likeness (QED) is 0.112. The molecule has 0 aliphatic heterocycles. The maximum atomic E-state index is 10.0. The Bertz CT molecular complexity index is 1840. The molecule has 4 heteroatoms. The van der Waals surface area contributed by atoms with E-state index in [4.69, 9.17) is 10.1 Å². The number of rotatable bonds is 3. The molecule has 0 saturated carbocycles. The smallest absolute Gasteiger partial charge is 0.155 e. The summed E-state index contributed by atoms with van der Waals surface area (Å²) in [5.41, 5.74) is 13.7. The number of aryl methyl sites for hydroxylation is 2. The number of pyridine rings is 1. The van der Waals surface area contributed by atoms with Crippen molar-refractivity contribution in [2.75, 3.05) is 0 Å². The van der Waals surface area contributed by atoms with Crippen LogP contribution in [0.4, 0.5) is 0 Å². The van der Waals surface area contributed by atoms with Gasteiger partial charge in [-0.15, -0.1) is 34.9 Å². The molecule has 3 nitrogen and oxygen atoms in total. The fourth-order valence-corrected chi connectivity index (χ4v) is 5.99. The molecule has 0 saturated heterocycles. The number of allylic oxidation sites excluding steroid dienone is 2. The Balaban J connectivity index is 0.000000475. The minimum atomic E-state index is -0.125. The molecule has 5 aromatic rings. The monoisotopic (exact) mass is 745 g/mol. The van der Waals surface area contributed by atoms with Gasteiger partial charge in [-0.25, -0.2) is 0 Å². The largest absolute Gasteiger partial charge is 0.512 e. The summed E-state index contributed by atoms with van der Waals surface area (Å²) < 4.78 is 0. The Morgan fingerprint density at radius 3 is 2.09 bits per heavy atom. The number of carbonyl (C=O) groups is 1. The van der Waals surface area contributed by atoms with Crippen molar-refractivity contribution in [1.29, 1.82) is 0 Å². The van der Waals surface area contributed by atoms with Crippen LogP contribution >= 0.6 is 0 Å². The second-order valence-corrected chi connectivity index (χ2v) is 12.6. The number of hydrogen-bond acceptors (Lipinski definition) is 3. The van der Waals surface area contributed by atoms with E-state index in [-0.39, 0.29) is 37.1 Å². The van der Waals surface area contributed by atoms with Gasteiger partial charge in [0.15, 0.2) is 5.78 Å². The molecule has 43 heavy (non-hydrogen) atoms. The topological polar surface area (TPSA) is 50.2 Å². The van der Waals surface area contributed by atoms with Gasteiger partial charge in [0.05, 0.1) is 5.76 Å². The Morgan fingerprint density at radius 2 is 1.49 bits per heavy atom. The summed E-state index contributed by atoms with van der Waals surface area (Å²) in [5.74, 6) is -0.0625. The first kappa shape index (κ1) is 32.1. The molecule has 0 atom stereocenters. The van der Waals surface area contributed by atoms with Crippen LogP contribution in [0, 0.1) is 25.3 Å². The molecule has 0 amide bonds. The van der Waals surface area contributed by atoms with Gasteiger partial charge in [-0.1, -0.05) is 95.3 Å². The Kier molecular flexibility index (Phi) is 9.54. The van der Waals surface area contributed by atoms with Crippen molar-refractivity contribution in [3.63, 3.8) is 0 Å². The van der Waals surface area contributed by atoms with Crippen LogP contribution in [0.2, 0.25) is 0 Å². The van der Waals surface area contributed by atoms with Crippen LogP contribution in [0.1, 0.15) is 51.3 Å². The average molecular weight is 745 g/mol. The summed E-state index contributed by atoms with van der Waals surface area (Å²) in [6, 6.07) is 30.5. The van der Waals surface area contributed by atoms with Gasteiger partial charge in [0.1, 0.15) is 0 Å². The number of benzene rings is 4. The van der Waals surface area contributed by atoms with E-state index in [2.05, 4.69) is 120 Å². The summed E-state index contributed by atoms with van der Waals surface area (Å²) in [6.07, 6.45) is 4.29. The zero-order valence-electron chi connectivity index (χ0n) is 25.9. The summed E-state index contributed by atoms with van der Waals surface area (Å²) in [5, 5.41) is 10.8. The van der Waals surface area contributed by atoms with E-state index in [1.165, 1.54) is 75.2 Å². The van der Waals surface area contributed by atoms with Crippen molar-refractivity contribution < 1.29 is 30.0 Å². The van der Waals surface area contributed by atoms with Gasteiger partial charge in [0.2, 0.25) is 0 Å². The predicted octanol–water partition coefficient (Wildman–Crippen LogP) is 10.3. The molecule has 1 radical (unpaired) electrons. The number of aliphatic hydroxyl groups is 1. The van der Waals surface area contributed by atoms with Crippen LogP contribution in [-0.2, 0) is 31.3 Å². The van der Waals surface area contributed by atoms with E-state index in [9.17, 15) is 4.79 Å². The zero-order valence-corrected chi connectivity index (χ0v) is 28.3. The molecule has 0 unspecified atom stereocenters. The standard InChI is InChI=1S/C34H30N.C5H8O2.Ir/c1-21-15-22(2)17-24(16-21)33-29-12-8-11-28-27-14-13-23(19-34(3,4)5)18-30(27)25-9-6-7-10-26(25)31(20-35-33)32(28)29;1-4(6)3-5(2)7;/h6-16,18,20H,19H2,1-5H3;3,6H,1-2H3;/q-1;;/b;4-3-;. The predicted molar refractivity (Wildman–Crippen MR) is 176 cm³/mol. The number of carbonyl (C=O) groups excluding carboxylic acids is 1. The molecule has 1 N–H and O–H groups in total. The summed E-state index contributed by atoms with van der Waals surface area (Å²) >= 11 is 0. The van der Waals surface area contributed by atoms with Gasteiger partial charge in [-0.05, 0) is 75.5 Å². The second kappa shape index (κ2) is 12.8. The number of aromatic nitrogens is 1. The van der Waals surface area contributed by atoms with E-state index in [0.29, 0.717) is 0 Å². The van der Waals surface area contributed by atoms with Gasteiger partial charge in [0, 0.05) is 37.9 Å². The van der Waals surface area contributed by atoms with Gasteiger partial charge < -0.3 is 10.1 Å². The number of aliphatic hydroxyl groups excluding tert-OH is 1. The molecule has 0 spiro atoms. The van der Waals surface area contributed by atoms with Crippen LogP contribution in [0.3, 0.4) is 0 Å². The van der Waals surface area contributed by atoms with Crippen LogP contribution in [0.25, 0.3) is 55.4 Å². The summed E-state index contributed by atoms with van der Waals surface area (Å²) in [4.78, 5) is 15.1. The molecular formula is C39H38IrNO2-. The molecule has 1 aliphatic carbocycles. The Morgan fingerprint density at radius 1 is 0.837 bits per heavy atom. The van der Waals surface area contributed by atoms with E-state index < -0.39 is 0 Å². The second-order valence-electron chi connectivity index (χ2n) is 12.6. The number of hydrogen-bond donors (Lipinski definition) is 1. The third-order valence-corrected chi connectivity index (χ3v) is 7.34. The van der Waals surface area contributed by atoms with Crippen LogP contribution in [0.15, 0.2) is 90.8 Å². The van der Waals surface area contributed by atoms with Gasteiger partial charge >= 0.3 is 0 Å². The van der Waals surface area contributed by atoms with Crippen molar-refractivity contribution in [2.45, 2.75) is 54.9 Å². The van der Waals surface area contributed by atoms with Crippen molar-refractivity contribution in [1.82, 2.24) is 4.98 Å². The Hall–Kier alpha value is -3.85. The Labute approximate surface area is 269 Å². The van der Waals surface area contributed by atoms with E-state index >= 15 is 0 Å². The van der Waals surface area contributed by atoms with Crippen molar-refractivity contribution in [2.24, 2.45) is 5.41 Å². The molecule has 0 fully saturated rings. The summed E-state index contributed by atoms with van der Waals surface area (Å²) in [6.45, 7) is 14.0. The molecule has 1 aliphatic rings. The van der Waals surface area contributed by atoms with Crippen molar-refractivity contribution in [3.05, 3.63) is 114 Å². The minimum absolute atomic E-state index is 0. The van der Waals surface area contributed by atoms with Gasteiger partial charge in [0.25, 0.3) is 0 Å². The number of ketones is 1. The molecule has 1 heterocycles. The number of nitrogens with zero attached hydrogens (tertiary/aromatic N) is 1. The van der Waals surface area contributed by atoms with Gasteiger partial charge in [-0.3, -0.25) is 4.79 Å². The zero-order chi connectivity index (χ0) is 30.2. The maximum Gasteiger partial charge on any atom is 0.155 e.